The molecule has 1 aliphatic heterocycles. The van der Waals surface area contributed by atoms with Crippen LogP contribution >= 0.6 is 0 Å². The van der Waals surface area contributed by atoms with Crippen molar-refractivity contribution in [3.63, 3.8) is 0 Å². The molecule has 2 aromatic heterocycles. The van der Waals surface area contributed by atoms with E-state index in [-0.39, 0.29) is 5.91 Å². The monoisotopic (exact) mass is 383 g/mol. The highest BCUT2D eigenvalue weighted by molar-refractivity contribution is 5.90. The average molecular weight is 384 g/mol. The van der Waals surface area contributed by atoms with E-state index in [2.05, 4.69) is 42.0 Å². The maximum absolute atomic E-state index is 12.1. The predicted molar refractivity (Wildman–Crippen MR) is 110 cm³/mol. The summed E-state index contributed by atoms with van der Waals surface area (Å²) in [5.41, 5.74) is 1.06. The molecule has 1 aliphatic rings. The molecular formula is C20H29N7O. The van der Waals surface area contributed by atoms with Crippen molar-refractivity contribution >= 4 is 17.7 Å². The van der Waals surface area contributed by atoms with Crippen LogP contribution in [0, 0.1) is 12.8 Å². The van der Waals surface area contributed by atoms with E-state index in [4.69, 9.17) is 0 Å². The van der Waals surface area contributed by atoms with E-state index in [0.29, 0.717) is 30.7 Å². The molecule has 1 fully saturated rings. The van der Waals surface area contributed by atoms with E-state index in [0.717, 1.165) is 31.0 Å². The van der Waals surface area contributed by atoms with Crippen molar-refractivity contribution in [2.24, 2.45) is 10.9 Å². The fourth-order valence-electron chi connectivity index (χ4n) is 3.46. The standard InChI is InChI=1S/C20H29N7O/c1-15-4-5-18(24-12-15)25-19(28)6-8-23-20(21-3)26-10-7-16(2)17(13-26)27-11-9-22-14-27/h4-5,9,11-12,14,16-17H,6-8,10,13H2,1-3H3,(H,21,23)(H,24,25,28). The molecule has 28 heavy (non-hydrogen) atoms. The van der Waals surface area contributed by atoms with E-state index in [1.54, 1.807) is 13.2 Å². The molecule has 150 valence electrons. The zero-order chi connectivity index (χ0) is 19.9. The SMILES string of the molecule is CN=C(NCCC(=O)Nc1ccc(C)cn1)N1CCC(C)C(n2ccnc2)C1. The number of nitrogens with zero attached hydrogens (tertiary/aromatic N) is 5. The number of imidazole rings is 1. The Balaban J connectivity index is 1.49. The molecule has 0 spiro atoms. The summed E-state index contributed by atoms with van der Waals surface area (Å²) in [5, 5.41) is 6.13. The maximum Gasteiger partial charge on any atom is 0.227 e. The highest BCUT2D eigenvalue weighted by Gasteiger charge is 2.28. The minimum Gasteiger partial charge on any atom is -0.356 e. The molecule has 8 nitrogen and oxygen atoms in total. The summed E-state index contributed by atoms with van der Waals surface area (Å²) in [5.74, 6) is 1.92. The maximum atomic E-state index is 12.1. The second-order valence-corrected chi connectivity index (χ2v) is 7.28. The summed E-state index contributed by atoms with van der Waals surface area (Å²) in [6.45, 7) is 6.59. The molecule has 2 aromatic rings. The van der Waals surface area contributed by atoms with E-state index in [9.17, 15) is 4.79 Å². The molecule has 1 saturated heterocycles. The molecule has 0 saturated carbocycles. The summed E-state index contributed by atoms with van der Waals surface area (Å²) < 4.78 is 2.17. The number of anilines is 1. The number of piperidine rings is 1. The summed E-state index contributed by atoms with van der Waals surface area (Å²) in [4.78, 5) is 27.2. The van der Waals surface area contributed by atoms with Gasteiger partial charge in [0.05, 0.1) is 12.4 Å². The molecule has 8 heteroatoms. The van der Waals surface area contributed by atoms with Gasteiger partial charge in [0.25, 0.3) is 0 Å². The van der Waals surface area contributed by atoms with E-state index < -0.39 is 0 Å². The van der Waals surface area contributed by atoms with Crippen molar-refractivity contribution in [2.45, 2.75) is 32.7 Å². The molecule has 2 unspecified atom stereocenters. The Labute approximate surface area is 166 Å². The molecule has 3 heterocycles. The van der Waals surface area contributed by atoms with Crippen LogP contribution in [0.3, 0.4) is 0 Å². The van der Waals surface area contributed by atoms with Gasteiger partial charge in [0, 0.05) is 51.7 Å². The Kier molecular flexibility index (Phi) is 6.62. The molecule has 0 aliphatic carbocycles. The minimum atomic E-state index is -0.0668. The largest absolute Gasteiger partial charge is 0.356 e. The first-order chi connectivity index (χ1) is 13.6. The van der Waals surface area contributed by atoms with Gasteiger partial charge in [-0.05, 0) is 30.9 Å². The van der Waals surface area contributed by atoms with Crippen LogP contribution in [0.5, 0.6) is 0 Å². The molecule has 2 N–H and O–H groups in total. The van der Waals surface area contributed by atoms with Gasteiger partial charge in [0.2, 0.25) is 5.91 Å². The van der Waals surface area contributed by atoms with E-state index in [1.807, 2.05) is 37.8 Å². The normalized spacial score (nSPS) is 20.1. The lowest BCUT2D eigenvalue weighted by Crippen LogP contribution is -2.49. The van der Waals surface area contributed by atoms with Gasteiger partial charge in [0.1, 0.15) is 5.82 Å². The molecule has 0 bridgehead atoms. The first-order valence-electron chi connectivity index (χ1n) is 9.72. The Bertz CT molecular complexity index is 785. The molecular weight excluding hydrogens is 354 g/mol. The van der Waals surface area contributed by atoms with Crippen LogP contribution in [0.1, 0.15) is 31.4 Å². The van der Waals surface area contributed by atoms with Crippen LogP contribution < -0.4 is 10.6 Å². The second kappa shape index (κ2) is 9.34. The number of pyridine rings is 1. The van der Waals surface area contributed by atoms with Gasteiger partial charge in [-0.15, -0.1) is 0 Å². The second-order valence-electron chi connectivity index (χ2n) is 7.28. The van der Waals surface area contributed by atoms with Crippen LogP contribution in [0.25, 0.3) is 0 Å². The summed E-state index contributed by atoms with van der Waals surface area (Å²) in [6.07, 6.45) is 8.89. The number of hydrogen-bond donors (Lipinski definition) is 2. The number of amides is 1. The third-order valence-corrected chi connectivity index (χ3v) is 5.15. The van der Waals surface area contributed by atoms with E-state index in [1.165, 1.54) is 0 Å². The Morgan fingerprint density at radius 2 is 2.25 bits per heavy atom. The first kappa shape index (κ1) is 19.9. The van der Waals surface area contributed by atoms with Gasteiger partial charge in [0.15, 0.2) is 5.96 Å². The van der Waals surface area contributed by atoms with Gasteiger partial charge in [-0.25, -0.2) is 9.97 Å². The van der Waals surface area contributed by atoms with Gasteiger partial charge in [-0.1, -0.05) is 13.0 Å². The zero-order valence-corrected chi connectivity index (χ0v) is 16.8. The first-order valence-corrected chi connectivity index (χ1v) is 9.72. The van der Waals surface area contributed by atoms with Crippen LogP contribution in [0.4, 0.5) is 5.82 Å². The average Bonchev–Trinajstić information content (AvgIpc) is 3.22. The highest BCUT2D eigenvalue weighted by atomic mass is 16.1. The number of hydrogen-bond acceptors (Lipinski definition) is 4. The Hall–Kier alpha value is -2.90. The molecule has 0 radical (unpaired) electrons. The third-order valence-electron chi connectivity index (χ3n) is 5.15. The van der Waals surface area contributed by atoms with Crippen molar-refractivity contribution < 1.29 is 4.79 Å². The highest BCUT2D eigenvalue weighted by Crippen LogP contribution is 2.27. The van der Waals surface area contributed by atoms with Gasteiger partial charge in [-0.3, -0.25) is 9.79 Å². The van der Waals surface area contributed by atoms with Crippen LogP contribution in [-0.4, -0.2) is 58.0 Å². The fourth-order valence-corrected chi connectivity index (χ4v) is 3.46. The van der Waals surface area contributed by atoms with E-state index >= 15 is 0 Å². The van der Waals surface area contributed by atoms with Crippen LogP contribution in [0.15, 0.2) is 42.0 Å². The summed E-state index contributed by atoms with van der Waals surface area (Å²) >= 11 is 0. The van der Waals surface area contributed by atoms with Crippen molar-refractivity contribution in [1.29, 1.82) is 0 Å². The predicted octanol–water partition coefficient (Wildman–Crippen LogP) is 2.07. The Morgan fingerprint density at radius 3 is 2.93 bits per heavy atom. The van der Waals surface area contributed by atoms with Crippen molar-refractivity contribution in [2.75, 3.05) is 32.0 Å². The number of carbonyl (C=O) groups excluding carboxylic acids is 1. The summed E-state index contributed by atoms with van der Waals surface area (Å²) in [6, 6.07) is 4.10. The number of aromatic nitrogens is 3. The molecule has 0 aromatic carbocycles. The number of aliphatic imine (C=N–C) groups is 1. The summed E-state index contributed by atoms with van der Waals surface area (Å²) in [7, 11) is 1.78. The smallest absolute Gasteiger partial charge is 0.227 e. The number of likely N-dealkylation sites (tertiary alicyclic amines) is 1. The zero-order valence-electron chi connectivity index (χ0n) is 16.8. The molecule has 2 atom stereocenters. The van der Waals surface area contributed by atoms with Crippen molar-refractivity contribution in [3.8, 4) is 0 Å². The van der Waals surface area contributed by atoms with Crippen LogP contribution in [-0.2, 0) is 4.79 Å². The minimum absolute atomic E-state index is 0.0668. The topological polar surface area (TPSA) is 87.4 Å². The van der Waals surface area contributed by atoms with Gasteiger partial charge < -0.3 is 20.1 Å². The number of guanidine groups is 1. The number of carbonyl (C=O) groups is 1. The fraction of sp³-hybridized carbons (Fsp3) is 0.500. The van der Waals surface area contributed by atoms with Crippen molar-refractivity contribution in [3.05, 3.63) is 42.6 Å². The van der Waals surface area contributed by atoms with Gasteiger partial charge in [-0.2, -0.15) is 0 Å². The number of rotatable bonds is 5. The molecule has 1 amide bonds. The number of aryl methyl sites for hydroxylation is 1. The number of nitrogens with one attached hydrogen (secondary N) is 2. The van der Waals surface area contributed by atoms with Gasteiger partial charge >= 0.3 is 0 Å². The lowest BCUT2D eigenvalue weighted by Gasteiger charge is -2.39. The molecule has 3 rings (SSSR count). The van der Waals surface area contributed by atoms with Crippen LogP contribution in [0.2, 0.25) is 0 Å². The Morgan fingerprint density at radius 1 is 1.39 bits per heavy atom. The third kappa shape index (κ3) is 5.09. The quantitative estimate of drug-likeness (QED) is 0.610. The lowest BCUT2D eigenvalue weighted by atomic mass is 9.93. The lowest BCUT2D eigenvalue weighted by molar-refractivity contribution is -0.116. The van der Waals surface area contributed by atoms with Crippen molar-refractivity contribution in [1.82, 2.24) is 24.8 Å².